The number of amides is 1. The number of nitrogens with zero attached hydrogens (tertiary/aromatic N) is 3. The first-order valence-electron chi connectivity index (χ1n) is 9.60. The van der Waals surface area contributed by atoms with Gasteiger partial charge in [0.1, 0.15) is 18.1 Å². The van der Waals surface area contributed by atoms with Gasteiger partial charge in [0.05, 0.1) is 0 Å². The van der Waals surface area contributed by atoms with Crippen LogP contribution in [0, 0.1) is 0 Å². The lowest BCUT2D eigenvalue weighted by Crippen LogP contribution is -2.10. The smallest absolute Gasteiger partial charge is 0.291 e. The lowest BCUT2D eigenvalue weighted by molar-refractivity contribution is 0.0992. The summed E-state index contributed by atoms with van der Waals surface area (Å²) in [6.45, 7) is 0.221. The van der Waals surface area contributed by atoms with E-state index in [4.69, 9.17) is 9.15 Å². The molecule has 2 aromatic heterocycles. The van der Waals surface area contributed by atoms with Crippen LogP contribution >= 0.6 is 0 Å². The number of H-pyrrole nitrogens is 1. The van der Waals surface area contributed by atoms with E-state index in [9.17, 15) is 4.79 Å². The predicted octanol–water partition coefficient (Wildman–Crippen LogP) is 4.44. The van der Waals surface area contributed by atoms with Gasteiger partial charge in [-0.3, -0.25) is 4.79 Å². The Morgan fingerprint density at radius 2 is 1.87 bits per heavy atom. The summed E-state index contributed by atoms with van der Waals surface area (Å²) in [5, 5.41) is 18.9. The number of aromatic nitrogens is 4. The van der Waals surface area contributed by atoms with E-state index in [0.29, 0.717) is 17.3 Å². The van der Waals surface area contributed by atoms with Gasteiger partial charge < -0.3 is 14.5 Å². The quantitative estimate of drug-likeness (QED) is 0.428. The summed E-state index contributed by atoms with van der Waals surface area (Å²) >= 11 is 0. The van der Waals surface area contributed by atoms with Crippen LogP contribution in [0.2, 0.25) is 0 Å². The minimum Gasteiger partial charge on any atom is -0.486 e. The van der Waals surface area contributed by atoms with Crippen LogP contribution in [0.3, 0.4) is 0 Å². The van der Waals surface area contributed by atoms with Crippen LogP contribution < -0.4 is 10.1 Å². The van der Waals surface area contributed by atoms with E-state index in [1.807, 2.05) is 42.5 Å². The van der Waals surface area contributed by atoms with Crippen molar-refractivity contribution in [3.8, 4) is 17.1 Å². The Morgan fingerprint density at radius 1 is 0.968 bits per heavy atom. The average Bonchev–Trinajstić information content (AvgIpc) is 3.50. The molecule has 152 valence electrons. The predicted molar refractivity (Wildman–Crippen MR) is 115 cm³/mol. The first kappa shape index (κ1) is 18.6. The summed E-state index contributed by atoms with van der Waals surface area (Å²) in [7, 11) is 0. The minimum absolute atomic E-state index is 0.196. The molecule has 2 heterocycles. The lowest BCUT2D eigenvalue weighted by Gasteiger charge is -2.06. The third-order valence-electron chi connectivity index (χ3n) is 4.71. The molecule has 5 aromatic rings. The molecule has 0 aliphatic rings. The number of nitrogens with one attached hydrogen (secondary N) is 2. The van der Waals surface area contributed by atoms with Crippen LogP contribution in [0.5, 0.6) is 5.75 Å². The highest BCUT2D eigenvalue weighted by molar-refractivity contribution is 6.02. The van der Waals surface area contributed by atoms with Gasteiger partial charge in [0.15, 0.2) is 5.76 Å². The molecule has 5 rings (SSSR count). The second kappa shape index (κ2) is 8.11. The largest absolute Gasteiger partial charge is 0.486 e. The Kier molecular flexibility index (Phi) is 4.86. The summed E-state index contributed by atoms with van der Waals surface area (Å²) in [5.74, 6) is 1.57. The van der Waals surface area contributed by atoms with Gasteiger partial charge >= 0.3 is 0 Å². The van der Waals surface area contributed by atoms with Crippen LogP contribution in [0.4, 0.5) is 5.69 Å². The molecule has 0 atom stereocenters. The van der Waals surface area contributed by atoms with Crippen molar-refractivity contribution in [1.82, 2.24) is 20.6 Å². The van der Waals surface area contributed by atoms with Crippen molar-refractivity contribution in [2.75, 3.05) is 5.32 Å². The molecule has 0 aliphatic heterocycles. The molecule has 1 amide bonds. The number of fused-ring (bicyclic) bond motifs is 1. The third kappa shape index (κ3) is 4.13. The second-order valence-electron chi connectivity index (χ2n) is 6.83. The van der Waals surface area contributed by atoms with Gasteiger partial charge in [-0.05, 0) is 52.4 Å². The standard InChI is InChI=1S/C23H17N5O3/c29-23(24-18-7-3-6-17(12-18)22-25-27-28-26-22)21-11-10-20(31-21)14-30-19-9-8-15-4-1-2-5-16(15)13-19/h1-13H,14H2,(H,24,29)(H,25,26,27,28). The van der Waals surface area contributed by atoms with E-state index in [0.717, 1.165) is 22.1 Å². The number of benzene rings is 3. The third-order valence-corrected chi connectivity index (χ3v) is 4.71. The van der Waals surface area contributed by atoms with Crippen LogP contribution in [-0.2, 0) is 6.61 Å². The van der Waals surface area contributed by atoms with Crippen molar-refractivity contribution in [3.63, 3.8) is 0 Å². The van der Waals surface area contributed by atoms with E-state index in [2.05, 4.69) is 32.0 Å². The van der Waals surface area contributed by atoms with E-state index in [1.165, 1.54) is 0 Å². The zero-order valence-corrected chi connectivity index (χ0v) is 16.3. The maximum Gasteiger partial charge on any atom is 0.291 e. The Bertz CT molecular complexity index is 1340. The first-order valence-corrected chi connectivity index (χ1v) is 9.60. The summed E-state index contributed by atoms with van der Waals surface area (Å²) in [4.78, 5) is 12.6. The van der Waals surface area contributed by atoms with Crippen LogP contribution in [0.15, 0.2) is 83.3 Å². The molecule has 0 radical (unpaired) electrons. The maximum absolute atomic E-state index is 12.6. The van der Waals surface area contributed by atoms with Crippen molar-refractivity contribution >= 4 is 22.4 Å². The number of furan rings is 1. The molecule has 0 bridgehead atoms. The molecule has 0 saturated heterocycles. The fraction of sp³-hybridized carbons (Fsp3) is 0.0435. The second-order valence-corrected chi connectivity index (χ2v) is 6.83. The summed E-state index contributed by atoms with van der Waals surface area (Å²) in [6, 6.07) is 24.5. The van der Waals surface area contributed by atoms with Gasteiger partial charge in [-0.1, -0.05) is 42.5 Å². The molecule has 31 heavy (non-hydrogen) atoms. The number of rotatable bonds is 6. The minimum atomic E-state index is -0.359. The molecule has 3 aromatic carbocycles. The van der Waals surface area contributed by atoms with Crippen LogP contribution in [0.25, 0.3) is 22.2 Å². The number of carbonyl (C=O) groups is 1. The lowest BCUT2D eigenvalue weighted by atomic mass is 10.1. The van der Waals surface area contributed by atoms with Crippen LogP contribution in [0.1, 0.15) is 16.3 Å². The zero-order chi connectivity index (χ0) is 21.0. The molecule has 0 fully saturated rings. The molecule has 0 spiro atoms. The van der Waals surface area contributed by atoms with Crippen molar-refractivity contribution < 1.29 is 13.9 Å². The highest BCUT2D eigenvalue weighted by atomic mass is 16.5. The first-order chi connectivity index (χ1) is 15.2. The number of anilines is 1. The number of carbonyl (C=O) groups excluding carboxylic acids is 1. The van der Waals surface area contributed by atoms with E-state index >= 15 is 0 Å². The molecule has 2 N–H and O–H groups in total. The van der Waals surface area contributed by atoms with Crippen molar-refractivity contribution in [1.29, 1.82) is 0 Å². The molecular weight excluding hydrogens is 394 g/mol. The van der Waals surface area contributed by atoms with Crippen molar-refractivity contribution in [2.24, 2.45) is 0 Å². The number of ether oxygens (including phenoxy) is 1. The summed E-state index contributed by atoms with van der Waals surface area (Å²) in [5.41, 5.74) is 1.33. The fourth-order valence-electron chi connectivity index (χ4n) is 3.20. The summed E-state index contributed by atoms with van der Waals surface area (Å²) < 4.78 is 11.5. The molecule has 0 unspecified atom stereocenters. The Balaban J connectivity index is 1.23. The topological polar surface area (TPSA) is 106 Å². The highest BCUT2D eigenvalue weighted by Gasteiger charge is 2.13. The van der Waals surface area contributed by atoms with Gasteiger partial charge in [0, 0.05) is 11.3 Å². The fourth-order valence-corrected chi connectivity index (χ4v) is 3.20. The molecule has 8 heteroatoms. The Morgan fingerprint density at radius 3 is 2.74 bits per heavy atom. The van der Waals surface area contributed by atoms with Crippen molar-refractivity contribution in [3.05, 3.63) is 90.4 Å². The number of tetrazole rings is 1. The Hall–Kier alpha value is -4.46. The molecule has 0 aliphatic carbocycles. The SMILES string of the molecule is O=C(Nc1cccc(-c2nn[nH]n2)c1)c1ccc(COc2ccc3ccccc3c2)o1. The van der Waals surface area contributed by atoms with E-state index in [-0.39, 0.29) is 18.3 Å². The monoisotopic (exact) mass is 411 g/mol. The van der Waals surface area contributed by atoms with Gasteiger partial charge in [-0.25, -0.2) is 0 Å². The number of hydrogen-bond acceptors (Lipinski definition) is 6. The molecular formula is C23H17N5O3. The Labute approximate surface area is 176 Å². The van der Waals surface area contributed by atoms with Gasteiger partial charge in [-0.15, -0.1) is 10.2 Å². The molecule has 0 saturated carbocycles. The van der Waals surface area contributed by atoms with E-state index < -0.39 is 0 Å². The van der Waals surface area contributed by atoms with Gasteiger partial charge in [-0.2, -0.15) is 5.21 Å². The van der Waals surface area contributed by atoms with Crippen molar-refractivity contribution in [2.45, 2.75) is 6.61 Å². The van der Waals surface area contributed by atoms with Gasteiger partial charge in [0.25, 0.3) is 5.91 Å². The zero-order valence-electron chi connectivity index (χ0n) is 16.3. The molecule has 8 nitrogen and oxygen atoms in total. The highest BCUT2D eigenvalue weighted by Crippen LogP contribution is 2.22. The maximum atomic E-state index is 12.6. The normalized spacial score (nSPS) is 10.8. The average molecular weight is 411 g/mol. The van der Waals surface area contributed by atoms with E-state index in [1.54, 1.807) is 30.3 Å². The van der Waals surface area contributed by atoms with Gasteiger partial charge in [0.2, 0.25) is 5.82 Å². The number of aromatic amines is 1. The number of hydrogen-bond donors (Lipinski definition) is 2. The summed E-state index contributed by atoms with van der Waals surface area (Å²) in [6.07, 6.45) is 0. The van der Waals surface area contributed by atoms with Crippen LogP contribution in [-0.4, -0.2) is 26.5 Å².